The van der Waals surface area contributed by atoms with Crippen LogP contribution in [0.25, 0.3) is 0 Å². The third kappa shape index (κ3) is 4.35. The zero-order valence-electron chi connectivity index (χ0n) is 12.0. The van der Waals surface area contributed by atoms with Gasteiger partial charge in [-0.2, -0.15) is 0 Å². The molecule has 1 aromatic carbocycles. The quantitative estimate of drug-likeness (QED) is 0.851. The third-order valence-corrected chi connectivity index (χ3v) is 3.81. The van der Waals surface area contributed by atoms with E-state index in [2.05, 4.69) is 42.7 Å². The van der Waals surface area contributed by atoms with E-state index in [-0.39, 0.29) is 5.91 Å². The summed E-state index contributed by atoms with van der Waals surface area (Å²) in [5.74, 6) is 0.171. The smallest absolute Gasteiger partial charge is 0.221 e. The molecule has 0 aliphatic carbocycles. The van der Waals surface area contributed by atoms with Gasteiger partial charge in [0.05, 0.1) is 0 Å². The SMILES string of the molecule is Cc1ccc(CCNC(=O)CC2CCCN2)c(C)c1. The summed E-state index contributed by atoms with van der Waals surface area (Å²) in [6, 6.07) is 6.88. The van der Waals surface area contributed by atoms with Gasteiger partial charge in [-0.15, -0.1) is 0 Å². The van der Waals surface area contributed by atoms with E-state index in [9.17, 15) is 4.79 Å². The van der Waals surface area contributed by atoms with Gasteiger partial charge in [0.1, 0.15) is 0 Å². The maximum Gasteiger partial charge on any atom is 0.221 e. The van der Waals surface area contributed by atoms with E-state index >= 15 is 0 Å². The van der Waals surface area contributed by atoms with Gasteiger partial charge >= 0.3 is 0 Å². The molecule has 0 aromatic heterocycles. The number of benzene rings is 1. The highest BCUT2D eigenvalue weighted by atomic mass is 16.1. The molecule has 2 rings (SSSR count). The molecule has 3 heteroatoms. The Labute approximate surface area is 115 Å². The summed E-state index contributed by atoms with van der Waals surface area (Å²) in [4.78, 5) is 11.8. The molecule has 1 heterocycles. The standard InChI is InChI=1S/C16H24N2O/c1-12-5-6-14(13(2)10-12)7-9-18-16(19)11-15-4-3-8-17-15/h5-6,10,15,17H,3-4,7-9,11H2,1-2H3,(H,18,19). The molecule has 1 amide bonds. The molecule has 0 spiro atoms. The first-order chi connectivity index (χ1) is 9.15. The largest absolute Gasteiger partial charge is 0.356 e. The molecule has 1 fully saturated rings. The van der Waals surface area contributed by atoms with Crippen molar-refractivity contribution in [2.24, 2.45) is 0 Å². The molecule has 1 saturated heterocycles. The van der Waals surface area contributed by atoms with Crippen molar-refractivity contribution in [3.8, 4) is 0 Å². The molecule has 0 saturated carbocycles. The normalized spacial score (nSPS) is 18.5. The van der Waals surface area contributed by atoms with Gasteiger partial charge in [-0.3, -0.25) is 4.79 Å². The molecule has 19 heavy (non-hydrogen) atoms. The fourth-order valence-corrected chi connectivity index (χ4v) is 2.69. The second kappa shape index (κ2) is 6.71. The molecule has 0 radical (unpaired) electrons. The van der Waals surface area contributed by atoms with Crippen molar-refractivity contribution < 1.29 is 4.79 Å². The fourth-order valence-electron chi connectivity index (χ4n) is 2.69. The van der Waals surface area contributed by atoms with E-state index in [1.807, 2.05) is 0 Å². The van der Waals surface area contributed by atoms with Crippen LogP contribution in [0.3, 0.4) is 0 Å². The Hall–Kier alpha value is -1.35. The van der Waals surface area contributed by atoms with Crippen molar-refractivity contribution in [1.82, 2.24) is 10.6 Å². The Balaban J connectivity index is 1.72. The Bertz CT molecular complexity index is 436. The first kappa shape index (κ1) is 14.1. The summed E-state index contributed by atoms with van der Waals surface area (Å²) in [5, 5.41) is 6.37. The van der Waals surface area contributed by atoms with Crippen molar-refractivity contribution >= 4 is 5.91 Å². The van der Waals surface area contributed by atoms with Crippen LogP contribution in [0.15, 0.2) is 18.2 Å². The first-order valence-corrected chi connectivity index (χ1v) is 7.21. The van der Waals surface area contributed by atoms with Crippen LogP contribution in [0.1, 0.15) is 36.0 Å². The molecule has 1 unspecified atom stereocenters. The molecule has 1 atom stereocenters. The highest BCUT2D eigenvalue weighted by Gasteiger charge is 2.17. The van der Waals surface area contributed by atoms with Gasteiger partial charge in [0.15, 0.2) is 0 Å². The lowest BCUT2D eigenvalue weighted by Crippen LogP contribution is -2.32. The molecular formula is C16H24N2O. The van der Waals surface area contributed by atoms with Gasteiger partial charge in [-0.1, -0.05) is 23.8 Å². The van der Waals surface area contributed by atoms with Gasteiger partial charge in [-0.05, 0) is 50.8 Å². The molecule has 3 nitrogen and oxygen atoms in total. The van der Waals surface area contributed by atoms with Crippen LogP contribution in [-0.4, -0.2) is 25.0 Å². The van der Waals surface area contributed by atoms with Crippen LogP contribution in [-0.2, 0) is 11.2 Å². The van der Waals surface area contributed by atoms with E-state index in [0.29, 0.717) is 12.5 Å². The Kier molecular flexibility index (Phi) is 4.97. The number of aryl methyl sites for hydroxylation is 2. The number of nitrogens with one attached hydrogen (secondary N) is 2. The zero-order chi connectivity index (χ0) is 13.7. The summed E-state index contributed by atoms with van der Waals surface area (Å²) in [5.41, 5.74) is 3.93. The van der Waals surface area contributed by atoms with Crippen LogP contribution >= 0.6 is 0 Å². The number of hydrogen-bond acceptors (Lipinski definition) is 2. The topological polar surface area (TPSA) is 41.1 Å². The molecule has 0 bridgehead atoms. The van der Waals surface area contributed by atoms with Crippen molar-refractivity contribution in [3.63, 3.8) is 0 Å². The van der Waals surface area contributed by atoms with E-state index in [1.165, 1.54) is 23.1 Å². The summed E-state index contributed by atoms with van der Waals surface area (Å²) in [7, 11) is 0. The predicted molar refractivity (Wildman–Crippen MR) is 78.3 cm³/mol. The molecule has 1 aromatic rings. The minimum atomic E-state index is 0.171. The fraction of sp³-hybridized carbons (Fsp3) is 0.562. The molecule has 1 aliphatic heterocycles. The van der Waals surface area contributed by atoms with Gasteiger partial charge in [-0.25, -0.2) is 0 Å². The average molecular weight is 260 g/mol. The van der Waals surface area contributed by atoms with Crippen molar-refractivity contribution in [2.45, 2.75) is 45.6 Å². The Morgan fingerprint density at radius 2 is 2.26 bits per heavy atom. The summed E-state index contributed by atoms with van der Waals surface area (Å²) >= 11 is 0. The Morgan fingerprint density at radius 3 is 2.95 bits per heavy atom. The van der Waals surface area contributed by atoms with E-state index < -0.39 is 0 Å². The molecular weight excluding hydrogens is 236 g/mol. The maximum absolute atomic E-state index is 11.8. The minimum absolute atomic E-state index is 0.171. The number of carbonyl (C=O) groups is 1. The van der Waals surface area contributed by atoms with Crippen LogP contribution in [0.5, 0.6) is 0 Å². The zero-order valence-corrected chi connectivity index (χ0v) is 12.0. The first-order valence-electron chi connectivity index (χ1n) is 7.21. The van der Waals surface area contributed by atoms with Crippen LogP contribution < -0.4 is 10.6 Å². The van der Waals surface area contributed by atoms with Crippen LogP contribution in [0.4, 0.5) is 0 Å². The minimum Gasteiger partial charge on any atom is -0.356 e. The molecule has 104 valence electrons. The van der Waals surface area contributed by atoms with Gasteiger partial charge < -0.3 is 10.6 Å². The van der Waals surface area contributed by atoms with Gasteiger partial charge in [0, 0.05) is 19.0 Å². The summed E-state index contributed by atoms with van der Waals surface area (Å²) < 4.78 is 0. The number of amides is 1. The summed E-state index contributed by atoms with van der Waals surface area (Å²) in [6.45, 7) is 6.02. The Morgan fingerprint density at radius 1 is 1.42 bits per heavy atom. The van der Waals surface area contributed by atoms with Gasteiger partial charge in [0.25, 0.3) is 0 Å². The molecule has 1 aliphatic rings. The third-order valence-electron chi connectivity index (χ3n) is 3.81. The predicted octanol–water partition coefficient (Wildman–Crippen LogP) is 2.10. The lowest BCUT2D eigenvalue weighted by atomic mass is 10.0. The van der Waals surface area contributed by atoms with Gasteiger partial charge in [0.2, 0.25) is 5.91 Å². The van der Waals surface area contributed by atoms with Crippen LogP contribution in [0, 0.1) is 13.8 Å². The second-order valence-corrected chi connectivity index (χ2v) is 5.53. The highest BCUT2D eigenvalue weighted by Crippen LogP contribution is 2.11. The maximum atomic E-state index is 11.8. The molecule has 2 N–H and O–H groups in total. The van der Waals surface area contributed by atoms with E-state index in [4.69, 9.17) is 0 Å². The van der Waals surface area contributed by atoms with E-state index in [1.54, 1.807) is 0 Å². The highest BCUT2D eigenvalue weighted by molar-refractivity contribution is 5.76. The van der Waals surface area contributed by atoms with Crippen molar-refractivity contribution in [3.05, 3.63) is 34.9 Å². The van der Waals surface area contributed by atoms with Crippen molar-refractivity contribution in [2.75, 3.05) is 13.1 Å². The summed E-state index contributed by atoms with van der Waals surface area (Å²) in [6.07, 6.45) is 3.85. The number of hydrogen-bond donors (Lipinski definition) is 2. The lowest BCUT2D eigenvalue weighted by Gasteiger charge is -2.11. The lowest BCUT2D eigenvalue weighted by molar-refractivity contribution is -0.121. The monoisotopic (exact) mass is 260 g/mol. The van der Waals surface area contributed by atoms with Crippen LogP contribution in [0.2, 0.25) is 0 Å². The number of rotatable bonds is 5. The van der Waals surface area contributed by atoms with E-state index in [0.717, 1.165) is 25.9 Å². The number of carbonyl (C=O) groups excluding carboxylic acids is 1. The average Bonchev–Trinajstić information content (AvgIpc) is 2.84. The van der Waals surface area contributed by atoms with Crippen molar-refractivity contribution in [1.29, 1.82) is 0 Å². The second-order valence-electron chi connectivity index (χ2n) is 5.53.